The van der Waals surface area contributed by atoms with E-state index in [4.69, 9.17) is 11.6 Å². The molecule has 0 amide bonds. The Kier molecular flexibility index (Phi) is 3.85. The Morgan fingerprint density at radius 3 is 2.22 bits per heavy atom. The van der Waals surface area contributed by atoms with E-state index >= 15 is 0 Å². The van der Waals surface area contributed by atoms with E-state index in [2.05, 4.69) is 19.1 Å². The molecular weight excluding hydrogens is 222 g/mol. The van der Waals surface area contributed by atoms with E-state index in [1.807, 2.05) is 42.5 Å². The van der Waals surface area contributed by atoms with Gasteiger partial charge in [-0.05, 0) is 24.1 Å². The zero-order valence-electron chi connectivity index (χ0n) is 10.6. The van der Waals surface area contributed by atoms with Gasteiger partial charge >= 0.3 is 0 Å². The summed E-state index contributed by atoms with van der Waals surface area (Å²) in [5, 5.41) is 1.75. The summed E-state index contributed by atoms with van der Waals surface area (Å²) in [5.74, 6) is 6.24. The van der Waals surface area contributed by atoms with Crippen LogP contribution in [0, 0.1) is 0 Å². The van der Waals surface area contributed by atoms with Crippen molar-refractivity contribution in [1.29, 1.82) is 0 Å². The first-order valence-corrected chi connectivity index (χ1v) is 6.17. The van der Waals surface area contributed by atoms with Crippen LogP contribution in [0.2, 0.25) is 0 Å². The summed E-state index contributed by atoms with van der Waals surface area (Å²) in [6, 6.07) is 18.1. The lowest BCUT2D eigenvalue weighted by Crippen LogP contribution is -2.35. The molecule has 2 rings (SSSR count). The van der Waals surface area contributed by atoms with Crippen LogP contribution in [0.5, 0.6) is 0 Å². The molecule has 0 aliphatic carbocycles. The Bertz CT molecular complexity index is 496. The molecule has 0 aliphatic heterocycles. The van der Waals surface area contributed by atoms with Crippen LogP contribution < -0.4 is 16.6 Å². The molecule has 94 valence electrons. The Morgan fingerprint density at radius 2 is 1.61 bits per heavy atom. The maximum atomic E-state index is 6.24. The topological polar surface area (TPSA) is 55.3 Å². The minimum Gasteiger partial charge on any atom is -0.397 e. The minimum absolute atomic E-state index is 0.135. The summed E-state index contributed by atoms with van der Waals surface area (Å²) in [6.07, 6.45) is 0.925. The van der Waals surface area contributed by atoms with Gasteiger partial charge in [0.2, 0.25) is 0 Å². The lowest BCUT2D eigenvalue weighted by atomic mass is 10.0. The largest absolute Gasteiger partial charge is 0.397 e. The van der Waals surface area contributed by atoms with E-state index in [9.17, 15) is 0 Å². The number of nitrogens with zero attached hydrogens (tertiary/aromatic N) is 1. The summed E-state index contributed by atoms with van der Waals surface area (Å²) in [6.45, 7) is 2.12. The predicted molar refractivity (Wildman–Crippen MR) is 77.0 cm³/mol. The third kappa shape index (κ3) is 2.46. The van der Waals surface area contributed by atoms with Crippen LogP contribution in [0.15, 0.2) is 54.6 Å². The van der Waals surface area contributed by atoms with Crippen molar-refractivity contribution in [3.8, 4) is 0 Å². The van der Waals surface area contributed by atoms with E-state index in [1.54, 1.807) is 5.01 Å². The maximum Gasteiger partial charge on any atom is 0.0753 e. The van der Waals surface area contributed by atoms with Gasteiger partial charge in [0.15, 0.2) is 0 Å². The highest BCUT2D eigenvalue weighted by Gasteiger charge is 2.17. The SMILES string of the molecule is CCC(c1ccccc1)N(N)c1ccccc1N. The molecule has 0 aliphatic rings. The zero-order chi connectivity index (χ0) is 13.0. The fourth-order valence-electron chi connectivity index (χ4n) is 2.16. The van der Waals surface area contributed by atoms with Gasteiger partial charge in [0, 0.05) is 0 Å². The smallest absolute Gasteiger partial charge is 0.0753 e. The Labute approximate surface area is 108 Å². The first-order chi connectivity index (χ1) is 8.74. The Hall–Kier alpha value is -2.00. The van der Waals surface area contributed by atoms with Crippen molar-refractivity contribution in [3.63, 3.8) is 0 Å². The number of anilines is 2. The van der Waals surface area contributed by atoms with Gasteiger partial charge in [0.05, 0.1) is 17.4 Å². The molecule has 18 heavy (non-hydrogen) atoms. The number of nitrogen functional groups attached to an aromatic ring is 1. The van der Waals surface area contributed by atoms with Crippen LogP contribution in [-0.4, -0.2) is 0 Å². The molecule has 1 unspecified atom stereocenters. The van der Waals surface area contributed by atoms with Gasteiger partial charge in [-0.1, -0.05) is 49.4 Å². The van der Waals surface area contributed by atoms with Crippen LogP contribution in [0.3, 0.4) is 0 Å². The van der Waals surface area contributed by atoms with E-state index < -0.39 is 0 Å². The van der Waals surface area contributed by atoms with Crippen molar-refractivity contribution < 1.29 is 0 Å². The number of hydrazine groups is 1. The van der Waals surface area contributed by atoms with Crippen molar-refractivity contribution in [1.82, 2.24) is 0 Å². The van der Waals surface area contributed by atoms with Gasteiger partial charge in [-0.15, -0.1) is 0 Å². The molecule has 0 radical (unpaired) electrons. The fourth-order valence-corrected chi connectivity index (χ4v) is 2.16. The number of hydrogen-bond acceptors (Lipinski definition) is 3. The van der Waals surface area contributed by atoms with Crippen molar-refractivity contribution in [2.45, 2.75) is 19.4 Å². The number of hydrogen-bond donors (Lipinski definition) is 2. The molecule has 0 bridgehead atoms. The van der Waals surface area contributed by atoms with E-state index in [0.717, 1.165) is 12.1 Å². The summed E-state index contributed by atoms with van der Waals surface area (Å²) in [7, 11) is 0. The summed E-state index contributed by atoms with van der Waals surface area (Å²) < 4.78 is 0. The molecule has 3 nitrogen and oxygen atoms in total. The predicted octanol–water partition coefficient (Wildman–Crippen LogP) is 3.10. The number of rotatable bonds is 4. The number of para-hydroxylation sites is 2. The molecule has 0 heterocycles. The molecule has 3 heteroatoms. The van der Waals surface area contributed by atoms with E-state index in [-0.39, 0.29) is 6.04 Å². The molecule has 0 aromatic heterocycles. The fraction of sp³-hybridized carbons (Fsp3) is 0.200. The molecule has 0 saturated heterocycles. The highest BCUT2D eigenvalue weighted by atomic mass is 15.4. The third-order valence-corrected chi connectivity index (χ3v) is 3.12. The first kappa shape index (κ1) is 12.5. The molecule has 1 atom stereocenters. The molecule has 2 aromatic rings. The normalized spacial score (nSPS) is 12.1. The van der Waals surface area contributed by atoms with Gasteiger partial charge in [-0.2, -0.15) is 0 Å². The van der Waals surface area contributed by atoms with Gasteiger partial charge in [-0.25, -0.2) is 5.84 Å². The summed E-state index contributed by atoms with van der Waals surface area (Å²) in [5.41, 5.74) is 8.74. The second-order valence-electron chi connectivity index (χ2n) is 4.30. The lowest BCUT2D eigenvalue weighted by molar-refractivity contribution is 0.619. The quantitative estimate of drug-likeness (QED) is 0.491. The van der Waals surface area contributed by atoms with Gasteiger partial charge in [-0.3, -0.25) is 0 Å². The number of benzene rings is 2. The summed E-state index contributed by atoms with van der Waals surface area (Å²) >= 11 is 0. The van der Waals surface area contributed by atoms with Crippen LogP contribution in [0.25, 0.3) is 0 Å². The highest BCUT2D eigenvalue weighted by molar-refractivity contribution is 5.67. The van der Waals surface area contributed by atoms with E-state index in [1.165, 1.54) is 5.56 Å². The Balaban J connectivity index is 2.32. The molecule has 0 spiro atoms. The second-order valence-corrected chi connectivity index (χ2v) is 4.30. The molecular formula is C15H19N3. The summed E-state index contributed by atoms with van der Waals surface area (Å²) in [4.78, 5) is 0. The average Bonchev–Trinajstić information content (AvgIpc) is 2.41. The van der Waals surface area contributed by atoms with Crippen molar-refractivity contribution in [3.05, 3.63) is 60.2 Å². The lowest BCUT2D eigenvalue weighted by Gasteiger charge is -2.29. The van der Waals surface area contributed by atoms with Crippen LogP contribution >= 0.6 is 0 Å². The van der Waals surface area contributed by atoms with Crippen molar-refractivity contribution in [2.24, 2.45) is 5.84 Å². The van der Waals surface area contributed by atoms with Crippen LogP contribution in [0.1, 0.15) is 24.9 Å². The van der Waals surface area contributed by atoms with Gasteiger partial charge in [0.25, 0.3) is 0 Å². The number of nitrogens with two attached hydrogens (primary N) is 2. The maximum absolute atomic E-state index is 6.24. The van der Waals surface area contributed by atoms with Gasteiger partial charge in [0.1, 0.15) is 0 Å². The minimum atomic E-state index is 0.135. The van der Waals surface area contributed by atoms with Crippen molar-refractivity contribution >= 4 is 11.4 Å². The van der Waals surface area contributed by atoms with Crippen LogP contribution in [0.4, 0.5) is 11.4 Å². The monoisotopic (exact) mass is 241 g/mol. The molecule has 4 N–H and O–H groups in total. The van der Waals surface area contributed by atoms with Gasteiger partial charge < -0.3 is 10.7 Å². The zero-order valence-corrected chi connectivity index (χ0v) is 10.6. The molecule has 2 aromatic carbocycles. The highest BCUT2D eigenvalue weighted by Crippen LogP contribution is 2.30. The van der Waals surface area contributed by atoms with Crippen molar-refractivity contribution in [2.75, 3.05) is 10.7 Å². The molecule has 0 fully saturated rings. The van der Waals surface area contributed by atoms with Crippen LogP contribution in [-0.2, 0) is 0 Å². The standard InChI is InChI=1S/C15H19N3/c1-2-14(12-8-4-3-5-9-12)18(17)15-11-7-6-10-13(15)16/h3-11,14H,2,16-17H2,1H3. The van der Waals surface area contributed by atoms with E-state index in [0.29, 0.717) is 5.69 Å². The second kappa shape index (κ2) is 5.56. The third-order valence-electron chi connectivity index (χ3n) is 3.12. The molecule has 0 saturated carbocycles. The first-order valence-electron chi connectivity index (χ1n) is 6.17. The average molecular weight is 241 g/mol. The Morgan fingerprint density at radius 1 is 1.00 bits per heavy atom.